The molecule has 1 aromatic heterocycles. The highest BCUT2D eigenvalue weighted by molar-refractivity contribution is 7.99. The first kappa shape index (κ1) is 24.2. The van der Waals surface area contributed by atoms with Gasteiger partial charge in [0.25, 0.3) is 10.0 Å². The Labute approximate surface area is 204 Å². The fourth-order valence-corrected chi connectivity index (χ4v) is 6.87. The maximum absolute atomic E-state index is 14.8. The lowest BCUT2D eigenvalue weighted by Gasteiger charge is -2.30. The molecule has 0 saturated heterocycles. The molecule has 0 aliphatic heterocycles. The quantitative estimate of drug-likeness (QED) is 0.380. The van der Waals surface area contributed by atoms with Gasteiger partial charge in [0.15, 0.2) is 5.82 Å². The van der Waals surface area contributed by atoms with Gasteiger partial charge in [-0.25, -0.2) is 22.2 Å². The Hall–Kier alpha value is -1.98. The lowest BCUT2D eigenvalue weighted by atomic mass is 9.81. The molecule has 0 amide bonds. The Morgan fingerprint density at radius 1 is 1.24 bits per heavy atom. The van der Waals surface area contributed by atoms with Gasteiger partial charge in [-0.3, -0.25) is 4.72 Å². The third kappa shape index (κ3) is 5.58. The average Bonchev–Trinajstić information content (AvgIpc) is 3.27. The normalized spacial score (nSPS) is 18.7. The minimum Gasteiger partial charge on any atom is -0.327 e. The van der Waals surface area contributed by atoms with Gasteiger partial charge in [-0.05, 0) is 48.2 Å². The Kier molecular flexibility index (Phi) is 7.40. The molecular formula is C22H20ClF2N3O2S3. The van der Waals surface area contributed by atoms with Gasteiger partial charge in [0.2, 0.25) is 0 Å². The Morgan fingerprint density at radius 3 is 2.70 bits per heavy atom. The molecule has 0 spiro atoms. The van der Waals surface area contributed by atoms with E-state index >= 15 is 0 Å². The van der Waals surface area contributed by atoms with E-state index in [1.165, 1.54) is 46.1 Å². The van der Waals surface area contributed by atoms with E-state index in [0.717, 1.165) is 36.1 Å². The minimum atomic E-state index is -4.18. The van der Waals surface area contributed by atoms with Gasteiger partial charge in [0.1, 0.15) is 16.5 Å². The summed E-state index contributed by atoms with van der Waals surface area (Å²) in [6.07, 6.45) is 3.73. The van der Waals surface area contributed by atoms with Gasteiger partial charge >= 0.3 is 0 Å². The van der Waals surface area contributed by atoms with Crippen molar-refractivity contribution < 1.29 is 17.2 Å². The van der Waals surface area contributed by atoms with Crippen LogP contribution in [0, 0.1) is 17.6 Å². The van der Waals surface area contributed by atoms with Crippen molar-refractivity contribution in [3.63, 3.8) is 0 Å². The molecule has 1 heterocycles. The predicted octanol–water partition coefficient (Wildman–Crippen LogP) is 5.79. The van der Waals surface area contributed by atoms with E-state index in [9.17, 15) is 17.2 Å². The molecule has 33 heavy (non-hydrogen) atoms. The number of thioether (sulfide) groups is 1. The summed E-state index contributed by atoms with van der Waals surface area (Å²) in [6.45, 7) is 0. The molecule has 174 valence electrons. The second-order valence-corrected chi connectivity index (χ2v) is 11.4. The molecule has 0 saturated carbocycles. The lowest BCUT2D eigenvalue weighted by molar-refractivity contribution is 0.506. The van der Waals surface area contributed by atoms with Crippen molar-refractivity contribution in [2.75, 3.05) is 10.5 Å². The van der Waals surface area contributed by atoms with Crippen LogP contribution in [0.15, 0.2) is 63.2 Å². The summed E-state index contributed by atoms with van der Waals surface area (Å²) in [6, 6.07) is 8.37. The fraction of sp³-hybridized carbons (Fsp3) is 0.227. The number of thiazole rings is 1. The maximum Gasteiger partial charge on any atom is 0.266 e. The van der Waals surface area contributed by atoms with Gasteiger partial charge in [-0.2, -0.15) is 0 Å². The number of hydrogen-bond donors (Lipinski definition) is 2. The van der Waals surface area contributed by atoms with E-state index in [4.69, 9.17) is 17.3 Å². The zero-order valence-corrected chi connectivity index (χ0v) is 20.4. The number of allylic oxidation sites excluding steroid dienone is 1. The summed E-state index contributed by atoms with van der Waals surface area (Å²) in [5, 5.41) is 1.62. The zero-order chi connectivity index (χ0) is 23.6. The first-order valence-electron chi connectivity index (χ1n) is 9.99. The Bertz CT molecular complexity index is 1270. The van der Waals surface area contributed by atoms with Crippen molar-refractivity contribution in [3.8, 4) is 0 Å². The third-order valence-electron chi connectivity index (χ3n) is 5.32. The summed E-state index contributed by atoms with van der Waals surface area (Å²) in [5.74, 6) is -0.658. The molecule has 3 N–H and O–H groups in total. The van der Waals surface area contributed by atoms with Crippen LogP contribution in [-0.4, -0.2) is 25.2 Å². The number of nitrogens with two attached hydrogens (primary N) is 1. The fourth-order valence-electron chi connectivity index (χ4n) is 3.66. The van der Waals surface area contributed by atoms with E-state index in [1.807, 2.05) is 0 Å². The Morgan fingerprint density at radius 2 is 2.00 bits per heavy atom. The highest BCUT2D eigenvalue weighted by Crippen LogP contribution is 2.39. The largest absolute Gasteiger partial charge is 0.327 e. The van der Waals surface area contributed by atoms with E-state index in [1.54, 1.807) is 12.1 Å². The number of halogens is 3. The van der Waals surface area contributed by atoms with Crippen molar-refractivity contribution in [1.82, 2.24) is 4.98 Å². The number of hydrogen-bond acceptors (Lipinski definition) is 6. The van der Waals surface area contributed by atoms with Crippen LogP contribution in [0.3, 0.4) is 0 Å². The van der Waals surface area contributed by atoms with Crippen molar-refractivity contribution in [1.29, 1.82) is 0 Å². The number of benzene rings is 2. The van der Waals surface area contributed by atoms with Crippen molar-refractivity contribution in [2.45, 2.75) is 28.7 Å². The minimum absolute atomic E-state index is 0.0527. The topological polar surface area (TPSA) is 85.1 Å². The number of rotatable bonds is 7. The van der Waals surface area contributed by atoms with Crippen LogP contribution in [-0.2, 0) is 10.0 Å². The van der Waals surface area contributed by atoms with Gasteiger partial charge < -0.3 is 5.73 Å². The standard InChI is InChI=1S/C22H20ClF2N3O2S3/c23-17-8-21(33(29,30)28-22-11-31-12-27-22)18(25)9-20(17)32-10-16-15(2-1-3-19(16)26)13-4-6-14(24)7-5-13/h2,4-9,11-12,16,19,28H,1,3,10,26H2/t16-,19-/m1/s1. The van der Waals surface area contributed by atoms with Crippen LogP contribution in [0.25, 0.3) is 5.57 Å². The second kappa shape index (κ2) is 10.1. The van der Waals surface area contributed by atoms with Gasteiger partial charge in [0, 0.05) is 28.0 Å². The SMILES string of the molecule is N[C@@H]1CCC=C(c2ccc(F)cc2)[C@H]1CSc1cc(F)c(S(=O)(=O)Nc2cscn2)cc1Cl. The molecule has 0 radical (unpaired) electrons. The predicted molar refractivity (Wildman–Crippen MR) is 130 cm³/mol. The molecule has 1 aliphatic carbocycles. The molecule has 0 bridgehead atoms. The van der Waals surface area contributed by atoms with Crippen LogP contribution >= 0.6 is 34.7 Å². The lowest BCUT2D eigenvalue weighted by Crippen LogP contribution is -2.34. The van der Waals surface area contributed by atoms with E-state index in [2.05, 4.69) is 15.8 Å². The van der Waals surface area contributed by atoms with Crippen LogP contribution in [0.1, 0.15) is 18.4 Å². The maximum atomic E-state index is 14.8. The smallest absolute Gasteiger partial charge is 0.266 e. The number of sulfonamides is 1. The van der Waals surface area contributed by atoms with Crippen molar-refractivity contribution in [3.05, 3.63) is 75.6 Å². The molecule has 1 aliphatic rings. The Balaban J connectivity index is 1.54. The van der Waals surface area contributed by atoms with Crippen molar-refractivity contribution in [2.24, 2.45) is 11.7 Å². The third-order valence-corrected chi connectivity index (χ3v) is 8.88. The molecule has 5 nitrogen and oxygen atoms in total. The number of nitrogens with zero attached hydrogens (tertiary/aromatic N) is 1. The molecule has 3 aromatic rings. The molecule has 0 fully saturated rings. The molecule has 11 heteroatoms. The molecule has 0 unspecified atom stereocenters. The van der Waals surface area contributed by atoms with Gasteiger partial charge in [0.05, 0.1) is 10.5 Å². The monoisotopic (exact) mass is 527 g/mol. The first-order valence-corrected chi connectivity index (χ1v) is 13.8. The number of aromatic nitrogens is 1. The molecule has 2 atom stereocenters. The van der Waals surface area contributed by atoms with E-state index in [0.29, 0.717) is 10.6 Å². The summed E-state index contributed by atoms with van der Waals surface area (Å²) in [4.78, 5) is 3.72. The second-order valence-electron chi connectivity index (χ2n) is 7.52. The zero-order valence-electron chi connectivity index (χ0n) is 17.2. The van der Waals surface area contributed by atoms with Crippen LogP contribution in [0.5, 0.6) is 0 Å². The first-order chi connectivity index (χ1) is 15.7. The average molecular weight is 528 g/mol. The molecule has 4 rings (SSSR count). The number of anilines is 1. The van der Waals surface area contributed by atoms with Gasteiger partial charge in [-0.1, -0.05) is 29.8 Å². The van der Waals surface area contributed by atoms with Crippen LogP contribution in [0.2, 0.25) is 5.02 Å². The highest BCUT2D eigenvalue weighted by atomic mass is 35.5. The highest BCUT2D eigenvalue weighted by Gasteiger charge is 2.28. The molecule has 2 aromatic carbocycles. The van der Waals surface area contributed by atoms with Crippen LogP contribution in [0.4, 0.5) is 14.6 Å². The number of nitrogens with one attached hydrogen (secondary N) is 1. The van der Waals surface area contributed by atoms with E-state index < -0.39 is 20.7 Å². The molecular weight excluding hydrogens is 508 g/mol. The summed E-state index contributed by atoms with van der Waals surface area (Å²) in [7, 11) is -4.18. The van der Waals surface area contributed by atoms with Crippen LogP contribution < -0.4 is 10.5 Å². The summed E-state index contributed by atoms with van der Waals surface area (Å²) >= 11 is 8.85. The summed E-state index contributed by atoms with van der Waals surface area (Å²) < 4.78 is 55.5. The summed E-state index contributed by atoms with van der Waals surface area (Å²) in [5.41, 5.74) is 9.76. The van der Waals surface area contributed by atoms with Crippen molar-refractivity contribution >= 4 is 56.1 Å². The van der Waals surface area contributed by atoms with Gasteiger partial charge in [-0.15, -0.1) is 23.1 Å². The van der Waals surface area contributed by atoms with E-state index in [-0.39, 0.29) is 28.6 Å².